The van der Waals surface area contributed by atoms with Crippen molar-refractivity contribution in [2.45, 2.75) is 12.5 Å². The van der Waals surface area contributed by atoms with E-state index in [-0.39, 0.29) is 16.6 Å². The minimum Gasteiger partial charge on any atom is -0.339 e. The van der Waals surface area contributed by atoms with E-state index in [1.54, 1.807) is 30.6 Å². The van der Waals surface area contributed by atoms with Crippen LogP contribution in [0.25, 0.3) is 16.9 Å². The highest BCUT2D eigenvalue weighted by atomic mass is 35.5. The average Bonchev–Trinajstić information content (AvgIpc) is 3.64. The van der Waals surface area contributed by atoms with E-state index in [2.05, 4.69) is 25.2 Å². The maximum Gasteiger partial charge on any atom is 0.254 e. The number of amides is 1. The molecule has 3 aromatic heterocycles. The molecule has 1 aliphatic heterocycles. The van der Waals surface area contributed by atoms with E-state index >= 15 is 0 Å². The van der Waals surface area contributed by atoms with Crippen LogP contribution in [0, 0.1) is 0 Å². The van der Waals surface area contributed by atoms with Crippen molar-refractivity contribution < 1.29 is 4.79 Å². The summed E-state index contributed by atoms with van der Waals surface area (Å²) in [7, 11) is 1.95. The first kappa shape index (κ1) is 27.7. The van der Waals surface area contributed by atoms with Crippen LogP contribution in [0.2, 0.25) is 10.2 Å². The Hall–Kier alpha value is -4.48. The number of piperazine rings is 1. The van der Waals surface area contributed by atoms with Crippen LogP contribution in [-0.2, 0) is 18.3 Å². The molecule has 4 heterocycles. The molecule has 5 aromatic rings. The number of nitrogens with zero attached hydrogens (tertiary/aromatic N) is 9. The molecule has 1 amide bonds. The van der Waals surface area contributed by atoms with Gasteiger partial charge in [0.25, 0.3) is 5.56 Å². The first-order valence-electron chi connectivity index (χ1n) is 13.4. The number of aryl methyl sites for hydroxylation is 1. The van der Waals surface area contributed by atoms with E-state index in [9.17, 15) is 9.59 Å². The molecule has 1 fully saturated rings. The minimum atomic E-state index is -0.769. The van der Waals surface area contributed by atoms with Gasteiger partial charge >= 0.3 is 0 Å². The summed E-state index contributed by atoms with van der Waals surface area (Å²) in [5.41, 5.74) is 2.15. The number of imidazole rings is 1. The van der Waals surface area contributed by atoms with Crippen molar-refractivity contribution >= 4 is 35.1 Å². The zero-order valence-electron chi connectivity index (χ0n) is 22.7. The number of hydrogen-bond acceptors (Lipinski definition) is 7. The van der Waals surface area contributed by atoms with Crippen LogP contribution >= 0.6 is 23.2 Å². The summed E-state index contributed by atoms with van der Waals surface area (Å²) in [6.07, 6.45) is 7.00. The summed E-state index contributed by atoms with van der Waals surface area (Å²) in [6.45, 7) is 2.32. The van der Waals surface area contributed by atoms with Crippen molar-refractivity contribution in [2.75, 3.05) is 31.1 Å². The van der Waals surface area contributed by atoms with Crippen LogP contribution in [0.1, 0.15) is 11.6 Å². The molecular weight excluding hydrogens is 577 g/mol. The fourth-order valence-electron chi connectivity index (χ4n) is 5.21. The molecule has 0 radical (unpaired) electrons. The molecule has 1 saturated heterocycles. The largest absolute Gasteiger partial charge is 0.339 e. The van der Waals surface area contributed by atoms with Gasteiger partial charge in [-0.25, -0.2) is 14.6 Å². The van der Waals surface area contributed by atoms with Crippen molar-refractivity contribution in [3.63, 3.8) is 0 Å². The van der Waals surface area contributed by atoms with E-state index in [1.165, 1.54) is 21.6 Å². The summed E-state index contributed by atoms with van der Waals surface area (Å²) in [5.74, 6) is 0.739. The molecule has 1 aliphatic rings. The Morgan fingerprint density at radius 1 is 1.00 bits per heavy atom. The number of halogens is 2. The predicted molar refractivity (Wildman–Crippen MR) is 160 cm³/mol. The summed E-state index contributed by atoms with van der Waals surface area (Å²) in [6, 6.07) is 15.5. The maximum absolute atomic E-state index is 14.0. The Bertz CT molecular complexity index is 1780. The van der Waals surface area contributed by atoms with Crippen molar-refractivity contribution in [1.29, 1.82) is 0 Å². The second-order valence-corrected chi connectivity index (χ2v) is 10.8. The second kappa shape index (κ2) is 11.8. The fourth-order valence-corrected chi connectivity index (χ4v) is 5.51. The highest BCUT2D eigenvalue weighted by molar-refractivity contribution is 6.31. The van der Waals surface area contributed by atoms with Crippen molar-refractivity contribution in [3.05, 3.63) is 106 Å². The average molecular weight is 605 g/mol. The lowest BCUT2D eigenvalue weighted by Gasteiger charge is -2.37. The first-order chi connectivity index (χ1) is 20.4. The molecule has 42 heavy (non-hydrogen) atoms. The Balaban J connectivity index is 1.31. The van der Waals surface area contributed by atoms with Gasteiger partial charge in [-0.1, -0.05) is 58.7 Å². The first-order valence-corrected chi connectivity index (χ1v) is 14.1. The molecular formula is C29H27Cl2N9O2. The van der Waals surface area contributed by atoms with Gasteiger partial charge in [0, 0.05) is 68.7 Å². The lowest BCUT2D eigenvalue weighted by Crippen LogP contribution is -2.52. The summed E-state index contributed by atoms with van der Waals surface area (Å²) >= 11 is 12.3. The monoisotopic (exact) mass is 603 g/mol. The minimum absolute atomic E-state index is 0.129. The lowest BCUT2D eigenvalue weighted by atomic mass is 10.0. The number of hydrogen-bond donors (Lipinski definition) is 0. The van der Waals surface area contributed by atoms with Crippen LogP contribution < -0.4 is 10.5 Å². The molecule has 1 unspecified atom stereocenters. The standard InChI is InChI=1S/C29H27Cl2N9O2/c1-36-10-9-32-29(36)38-13-11-37(12-14-38)28(42)25(15-20-5-3-2-4-6-20)39-19-33-23(17-27(39)41)22-16-21(30)7-8-24(22)40-18-26(31)34-35-40/h2-10,16-19,25H,11-15H2,1H3. The number of anilines is 1. The molecule has 0 bridgehead atoms. The van der Waals surface area contributed by atoms with Gasteiger partial charge in [-0.2, -0.15) is 0 Å². The smallest absolute Gasteiger partial charge is 0.254 e. The molecule has 0 N–H and O–H groups in total. The van der Waals surface area contributed by atoms with Gasteiger partial charge in [0.1, 0.15) is 6.04 Å². The molecule has 0 spiro atoms. The Morgan fingerprint density at radius 2 is 1.79 bits per heavy atom. The van der Waals surface area contributed by atoms with Crippen molar-refractivity contribution in [2.24, 2.45) is 7.05 Å². The molecule has 2 aromatic carbocycles. The predicted octanol–water partition coefficient (Wildman–Crippen LogP) is 3.66. The van der Waals surface area contributed by atoms with Crippen LogP contribution in [0.3, 0.4) is 0 Å². The highest BCUT2D eigenvalue weighted by Gasteiger charge is 2.30. The Labute approximate surface area is 251 Å². The van der Waals surface area contributed by atoms with Crippen molar-refractivity contribution in [1.82, 2.24) is 39.0 Å². The Kier molecular flexibility index (Phi) is 7.77. The van der Waals surface area contributed by atoms with Crippen molar-refractivity contribution in [3.8, 4) is 16.9 Å². The van der Waals surface area contributed by atoms with Gasteiger partial charge < -0.3 is 14.4 Å². The molecule has 1 atom stereocenters. The second-order valence-electron chi connectivity index (χ2n) is 10.0. The van der Waals surface area contributed by atoms with Gasteiger partial charge in [-0.15, -0.1) is 5.10 Å². The molecule has 0 saturated carbocycles. The zero-order valence-corrected chi connectivity index (χ0v) is 24.2. The number of carbonyl (C=O) groups is 1. The molecule has 13 heteroatoms. The van der Waals surface area contributed by atoms with E-state index in [1.807, 2.05) is 53.0 Å². The summed E-state index contributed by atoms with van der Waals surface area (Å²) in [4.78, 5) is 40.7. The zero-order chi connectivity index (χ0) is 29.2. The van der Waals surface area contributed by atoms with Gasteiger partial charge in [-0.05, 0) is 23.8 Å². The third-order valence-corrected chi connectivity index (χ3v) is 7.75. The lowest BCUT2D eigenvalue weighted by molar-refractivity contribution is -0.135. The number of carbonyl (C=O) groups excluding carboxylic acids is 1. The third-order valence-electron chi connectivity index (χ3n) is 7.35. The topological polar surface area (TPSA) is 107 Å². The number of aromatic nitrogens is 7. The van der Waals surface area contributed by atoms with Gasteiger partial charge in [0.2, 0.25) is 11.9 Å². The van der Waals surface area contributed by atoms with Gasteiger partial charge in [0.05, 0.1) is 23.9 Å². The number of benzene rings is 2. The summed E-state index contributed by atoms with van der Waals surface area (Å²) < 4.78 is 4.87. The molecule has 6 rings (SSSR count). The van der Waals surface area contributed by atoms with E-state index < -0.39 is 6.04 Å². The summed E-state index contributed by atoms with van der Waals surface area (Å²) in [5, 5.41) is 8.57. The van der Waals surface area contributed by atoms with Crippen LogP contribution in [-0.4, -0.2) is 71.1 Å². The van der Waals surface area contributed by atoms with E-state index in [4.69, 9.17) is 23.2 Å². The molecule has 0 aliphatic carbocycles. The SMILES string of the molecule is Cn1ccnc1N1CCN(C(=O)C(Cc2ccccc2)n2cnc(-c3cc(Cl)ccc3-n3cc(Cl)nn3)cc2=O)CC1. The van der Waals surface area contributed by atoms with Gasteiger partial charge in [0.15, 0.2) is 5.15 Å². The normalized spacial score (nSPS) is 14.3. The van der Waals surface area contributed by atoms with Crippen LogP contribution in [0.15, 0.2) is 84.3 Å². The van der Waals surface area contributed by atoms with E-state index in [0.29, 0.717) is 54.6 Å². The van der Waals surface area contributed by atoms with Crippen LogP contribution in [0.5, 0.6) is 0 Å². The fraction of sp³-hybridized carbons (Fsp3) is 0.241. The number of rotatable bonds is 7. The highest BCUT2D eigenvalue weighted by Crippen LogP contribution is 2.28. The Morgan fingerprint density at radius 3 is 2.45 bits per heavy atom. The molecule has 214 valence electrons. The third kappa shape index (κ3) is 5.65. The van der Waals surface area contributed by atoms with E-state index in [0.717, 1.165) is 11.5 Å². The quantitative estimate of drug-likeness (QED) is 0.279. The maximum atomic E-state index is 14.0. The molecule has 11 nitrogen and oxygen atoms in total. The van der Waals surface area contributed by atoms with Gasteiger partial charge in [-0.3, -0.25) is 14.2 Å². The van der Waals surface area contributed by atoms with Crippen LogP contribution in [0.4, 0.5) is 5.95 Å².